The number of nitrogens with one attached hydrogen (secondary N) is 2. The zero-order valence-electron chi connectivity index (χ0n) is 20.8. The first kappa shape index (κ1) is 25.8. The van der Waals surface area contributed by atoms with E-state index in [9.17, 15) is 14.4 Å². The number of amides is 3. The summed E-state index contributed by atoms with van der Waals surface area (Å²) in [5.74, 6) is -0.268. The molecule has 0 unspecified atom stereocenters. The van der Waals surface area contributed by atoms with Crippen LogP contribution >= 0.6 is 11.6 Å². The predicted molar refractivity (Wildman–Crippen MR) is 143 cm³/mol. The Morgan fingerprint density at radius 1 is 0.919 bits per heavy atom. The molecule has 3 amide bonds. The Hall–Kier alpha value is -4.30. The lowest BCUT2D eigenvalue weighted by atomic mass is 10.0. The van der Waals surface area contributed by atoms with Crippen molar-refractivity contribution in [3.8, 4) is 11.5 Å². The molecule has 0 radical (unpaired) electrons. The van der Waals surface area contributed by atoms with Crippen LogP contribution in [0.5, 0.6) is 11.5 Å². The van der Waals surface area contributed by atoms with Crippen LogP contribution in [0.1, 0.15) is 35.7 Å². The number of hydrogen-bond acceptors (Lipinski definition) is 6. The number of halogens is 1. The van der Waals surface area contributed by atoms with Crippen LogP contribution in [0.15, 0.2) is 77.5 Å². The molecule has 2 N–H and O–H groups in total. The van der Waals surface area contributed by atoms with E-state index >= 15 is 0 Å². The van der Waals surface area contributed by atoms with Crippen molar-refractivity contribution in [2.75, 3.05) is 29.8 Å². The van der Waals surface area contributed by atoms with Crippen molar-refractivity contribution < 1.29 is 23.9 Å². The van der Waals surface area contributed by atoms with Gasteiger partial charge in [-0.3, -0.25) is 14.4 Å². The summed E-state index contributed by atoms with van der Waals surface area (Å²) in [4.78, 5) is 39.9. The normalized spacial score (nSPS) is 13.3. The lowest BCUT2D eigenvalue weighted by molar-refractivity contribution is -0.120. The number of methoxy groups -OCH3 is 2. The predicted octanol–water partition coefficient (Wildman–Crippen LogP) is 5.52. The van der Waals surface area contributed by atoms with Crippen LogP contribution in [-0.4, -0.2) is 31.9 Å². The van der Waals surface area contributed by atoms with Crippen LogP contribution in [-0.2, 0) is 9.59 Å². The highest BCUT2D eigenvalue weighted by Gasteiger charge is 2.39. The molecule has 1 aliphatic rings. The molecule has 0 aliphatic carbocycles. The molecule has 37 heavy (non-hydrogen) atoms. The van der Waals surface area contributed by atoms with Crippen molar-refractivity contribution >= 4 is 46.4 Å². The molecule has 0 aromatic heterocycles. The maximum atomic E-state index is 13.1. The second kappa shape index (κ2) is 10.8. The summed E-state index contributed by atoms with van der Waals surface area (Å²) in [5, 5.41) is 5.48. The first-order chi connectivity index (χ1) is 17.7. The summed E-state index contributed by atoms with van der Waals surface area (Å²) < 4.78 is 10.5. The Morgan fingerprint density at radius 3 is 2.30 bits per heavy atom. The molecule has 0 atom stereocenters. The van der Waals surface area contributed by atoms with Crippen LogP contribution in [0.2, 0.25) is 0 Å². The summed E-state index contributed by atoms with van der Waals surface area (Å²) >= 11 is 6.27. The first-order valence-electron chi connectivity index (χ1n) is 11.5. The summed E-state index contributed by atoms with van der Waals surface area (Å²) in [6, 6.07) is 18.7. The molecule has 3 aromatic carbocycles. The molecule has 0 saturated carbocycles. The SMILES string of the molecule is COc1ccc(OC)c(NC(=O)c2cccc(NC3=C(Cl)C(=O)N(c4ccc(C(C)C)cc4)C3=O)c2)c1. The van der Waals surface area contributed by atoms with Gasteiger partial charge in [-0.25, -0.2) is 4.90 Å². The van der Waals surface area contributed by atoms with E-state index in [2.05, 4.69) is 24.5 Å². The number of anilines is 3. The molecule has 190 valence electrons. The molecule has 4 rings (SSSR count). The van der Waals surface area contributed by atoms with E-state index in [0.717, 1.165) is 10.5 Å². The highest BCUT2D eigenvalue weighted by Crippen LogP contribution is 2.32. The molecule has 1 heterocycles. The third-order valence-electron chi connectivity index (χ3n) is 5.89. The van der Waals surface area contributed by atoms with Gasteiger partial charge in [0, 0.05) is 17.3 Å². The number of benzene rings is 3. The minimum atomic E-state index is -0.620. The third-order valence-corrected chi connectivity index (χ3v) is 6.24. The van der Waals surface area contributed by atoms with Crippen LogP contribution in [0.4, 0.5) is 17.1 Å². The van der Waals surface area contributed by atoms with Gasteiger partial charge in [0.15, 0.2) is 0 Å². The fourth-order valence-electron chi connectivity index (χ4n) is 3.84. The fraction of sp³-hybridized carbons (Fsp3) is 0.179. The van der Waals surface area contributed by atoms with Crippen LogP contribution in [0.3, 0.4) is 0 Å². The molecule has 0 bridgehead atoms. The summed E-state index contributed by atoms with van der Waals surface area (Å²) in [7, 11) is 3.03. The number of nitrogens with zero attached hydrogens (tertiary/aromatic N) is 1. The van der Waals surface area contributed by atoms with Crippen molar-refractivity contribution in [3.05, 3.63) is 88.6 Å². The maximum Gasteiger partial charge on any atom is 0.283 e. The highest BCUT2D eigenvalue weighted by atomic mass is 35.5. The third kappa shape index (κ3) is 5.29. The Labute approximate surface area is 219 Å². The van der Waals surface area contributed by atoms with E-state index in [0.29, 0.717) is 40.0 Å². The van der Waals surface area contributed by atoms with Crippen LogP contribution in [0.25, 0.3) is 0 Å². The molecule has 0 fully saturated rings. The molecular weight excluding hydrogens is 494 g/mol. The average molecular weight is 520 g/mol. The number of carbonyl (C=O) groups excluding carboxylic acids is 3. The molecular formula is C28H26ClN3O5. The van der Waals surface area contributed by atoms with Crippen LogP contribution in [0, 0.1) is 0 Å². The Balaban J connectivity index is 1.53. The number of rotatable bonds is 8. The van der Waals surface area contributed by atoms with Gasteiger partial charge in [0.2, 0.25) is 0 Å². The number of imide groups is 1. The lowest BCUT2D eigenvalue weighted by Gasteiger charge is -2.16. The van der Waals surface area contributed by atoms with Gasteiger partial charge in [-0.15, -0.1) is 0 Å². The van der Waals surface area contributed by atoms with Gasteiger partial charge in [-0.05, 0) is 53.9 Å². The maximum absolute atomic E-state index is 13.1. The number of hydrogen-bond donors (Lipinski definition) is 2. The molecule has 0 saturated heterocycles. The van der Waals surface area contributed by atoms with Gasteiger partial charge in [0.1, 0.15) is 22.2 Å². The van der Waals surface area contributed by atoms with Crippen molar-refractivity contribution in [2.45, 2.75) is 19.8 Å². The molecule has 8 nitrogen and oxygen atoms in total. The van der Waals surface area contributed by atoms with Gasteiger partial charge in [0.05, 0.1) is 25.6 Å². The quantitative estimate of drug-likeness (QED) is 0.381. The minimum Gasteiger partial charge on any atom is -0.497 e. The standard InChI is InChI=1S/C28H26ClN3O5/c1-16(2)17-8-10-20(11-9-17)32-27(34)24(29)25(28(32)35)30-19-7-5-6-18(14-19)26(33)31-22-15-21(36-3)12-13-23(22)37-4/h5-16,30H,1-4H3,(H,31,33). The van der Waals surface area contributed by atoms with E-state index in [4.69, 9.17) is 21.1 Å². The average Bonchev–Trinajstić information content (AvgIpc) is 3.11. The second-order valence-corrected chi connectivity index (χ2v) is 8.99. The highest BCUT2D eigenvalue weighted by molar-refractivity contribution is 6.53. The van der Waals surface area contributed by atoms with Crippen molar-refractivity contribution in [2.24, 2.45) is 0 Å². The topological polar surface area (TPSA) is 97.0 Å². The van der Waals surface area contributed by atoms with Crippen LogP contribution < -0.4 is 25.0 Å². The Bertz CT molecular complexity index is 1400. The van der Waals surface area contributed by atoms with E-state index in [1.54, 1.807) is 54.6 Å². The zero-order chi connectivity index (χ0) is 26.7. The second-order valence-electron chi connectivity index (χ2n) is 8.61. The molecule has 3 aromatic rings. The van der Waals surface area contributed by atoms with Gasteiger partial charge < -0.3 is 20.1 Å². The lowest BCUT2D eigenvalue weighted by Crippen LogP contribution is -2.32. The fourth-order valence-corrected chi connectivity index (χ4v) is 4.06. The van der Waals surface area contributed by atoms with Crippen molar-refractivity contribution in [1.82, 2.24) is 0 Å². The smallest absolute Gasteiger partial charge is 0.283 e. The molecule has 0 spiro atoms. The summed E-state index contributed by atoms with van der Waals surface area (Å²) in [5.41, 5.74) is 2.61. The van der Waals surface area contributed by atoms with E-state index in [-0.39, 0.29) is 10.7 Å². The van der Waals surface area contributed by atoms with Gasteiger partial charge >= 0.3 is 0 Å². The Morgan fingerprint density at radius 2 is 1.65 bits per heavy atom. The first-order valence-corrected chi connectivity index (χ1v) is 11.9. The molecule has 9 heteroatoms. The molecule has 1 aliphatic heterocycles. The van der Waals surface area contributed by atoms with E-state index < -0.39 is 17.7 Å². The largest absolute Gasteiger partial charge is 0.497 e. The monoisotopic (exact) mass is 519 g/mol. The summed E-state index contributed by atoms with van der Waals surface area (Å²) in [6.07, 6.45) is 0. The van der Waals surface area contributed by atoms with E-state index in [1.807, 2.05) is 12.1 Å². The zero-order valence-corrected chi connectivity index (χ0v) is 21.6. The number of carbonyl (C=O) groups is 3. The van der Waals surface area contributed by atoms with Gasteiger partial charge in [-0.2, -0.15) is 0 Å². The van der Waals surface area contributed by atoms with E-state index in [1.165, 1.54) is 14.2 Å². The van der Waals surface area contributed by atoms with Crippen molar-refractivity contribution in [1.29, 1.82) is 0 Å². The van der Waals surface area contributed by atoms with Gasteiger partial charge in [-0.1, -0.05) is 43.6 Å². The van der Waals surface area contributed by atoms with Crippen molar-refractivity contribution in [3.63, 3.8) is 0 Å². The number of ether oxygens (including phenoxy) is 2. The minimum absolute atomic E-state index is 0.0633. The van der Waals surface area contributed by atoms with Gasteiger partial charge in [0.25, 0.3) is 17.7 Å². The summed E-state index contributed by atoms with van der Waals surface area (Å²) in [6.45, 7) is 4.12. The Kier molecular flexibility index (Phi) is 7.50.